The first kappa shape index (κ1) is 9.92. The lowest BCUT2D eigenvalue weighted by Gasteiger charge is -2.10. The molecule has 2 aromatic rings. The van der Waals surface area contributed by atoms with Crippen molar-refractivity contribution in [1.29, 1.82) is 0 Å². The molecule has 0 aliphatic carbocycles. The third-order valence-corrected chi connectivity index (χ3v) is 2.39. The van der Waals surface area contributed by atoms with E-state index in [1.54, 1.807) is 4.68 Å². The van der Waals surface area contributed by atoms with Crippen LogP contribution in [0.25, 0.3) is 0 Å². The number of rotatable bonds is 4. The van der Waals surface area contributed by atoms with E-state index >= 15 is 0 Å². The van der Waals surface area contributed by atoms with Crippen molar-refractivity contribution in [3.63, 3.8) is 0 Å². The summed E-state index contributed by atoms with van der Waals surface area (Å²) < 4.78 is 1.81. The third kappa shape index (κ3) is 2.44. The van der Waals surface area contributed by atoms with E-state index in [9.17, 15) is 0 Å². The van der Waals surface area contributed by atoms with Crippen molar-refractivity contribution in [1.82, 2.24) is 25.3 Å². The Bertz CT molecular complexity index is 403. The molecule has 2 rings (SSSR count). The molecular formula is C10H15N5. The molecule has 0 aliphatic rings. The minimum Gasteiger partial charge on any atom is -0.306 e. The van der Waals surface area contributed by atoms with Crippen LogP contribution in [0.15, 0.2) is 24.8 Å². The fourth-order valence-corrected chi connectivity index (χ4v) is 1.45. The highest BCUT2D eigenvalue weighted by Gasteiger charge is 2.05. The quantitative estimate of drug-likeness (QED) is 0.782. The van der Waals surface area contributed by atoms with Gasteiger partial charge in [-0.3, -0.25) is 9.78 Å². The fourth-order valence-electron chi connectivity index (χ4n) is 1.45. The zero-order chi connectivity index (χ0) is 10.7. The van der Waals surface area contributed by atoms with Gasteiger partial charge in [0.15, 0.2) is 0 Å². The van der Waals surface area contributed by atoms with Gasteiger partial charge in [-0.2, -0.15) is 10.2 Å². The van der Waals surface area contributed by atoms with Crippen molar-refractivity contribution in [2.75, 3.05) is 0 Å². The molecule has 2 N–H and O–H groups in total. The standard InChI is InChI=1S/C10H15N5/c1-8(10-5-12-13-6-10)11-3-9-4-14-15(2)7-9/h4-8,11H,3H2,1-2H3,(H,12,13). The fraction of sp³-hybridized carbons (Fsp3) is 0.400. The molecule has 2 aromatic heterocycles. The average molecular weight is 205 g/mol. The minimum absolute atomic E-state index is 0.295. The minimum atomic E-state index is 0.295. The first-order valence-electron chi connectivity index (χ1n) is 4.95. The topological polar surface area (TPSA) is 58.5 Å². The van der Waals surface area contributed by atoms with E-state index in [0.29, 0.717) is 6.04 Å². The summed E-state index contributed by atoms with van der Waals surface area (Å²) in [6.45, 7) is 2.93. The van der Waals surface area contributed by atoms with Crippen LogP contribution in [0.4, 0.5) is 0 Å². The van der Waals surface area contributed by atoms with Gasteiger partial charge in [-0.25, -0.2) is 0 Å². The molecule has 0 bridgehead atoms. The Morgan fingerprint density at radius 3 is 3.00 bits per heavy atom. The third-order valence-electron chi connectivity index (χ3n) is 2.39. The normalized spacial score (nSPS) is 12.9. The maximum Gasteiger partial charge on any atom is 0.0534 e. The number of nitrogens with zero attached hydrogens (tertiary/aromatic N) is 3. The van der Waals surface area contributed by atoms with E-state index in [1.807, 2.05) is 31.8 Å². The van der Waals surface area contributed by atoms with Crippen molar-refractivity contribution in [2.24, 2.45) is 7.05 Å². The highest BCUT2D eigenvalue weighted by atomic mass is 15.2. The van der Waals surface area contributed by atoms with Crippen LogP contribution in [-0.2, 0) is 13.6 Å². The molecule has 1 unspecified atom stereocenters. The summed E-state index contributed by atoms with van der Waals surface area (Å²) >= 11 is 0. The molecule has 0 saturated carbocycles. The molecule has 0 radical (unpaired) electrons. The molecule has 1 atom stereocenters. The predicted octanol–water partition coefficient (Wildman–Crippen LogP) is 0.994. The lowest BCUT2D eigenvalue weighted by Crippen LogP contribution is -2.17. The van der Waals surface area contributed by atoms with Crippen LogP contribution < -0.4 is 5.32 Å². The van der Waals surface area contributed by atoms with Gasteiger partial charge in [0.1, 0.15) is 0 Å². The second-order valence-corrected chi connectivity index (χ2v) is 3.66. The number of aromatic nitrogens is 4. The van der Waals surface area contributed by atoms with E-state index < -0.39 is 0 Å². The van der Waals surface area contributed by atoms with Crippen LogP contribution in [-0.4, -0.2) is 20.0 Å². The van der Waals surface area contributed by atoms with Crippen molar-refractivity contribution < 1.29 is 0 Å². The molecule has 80 valence electrons. The Morgan fingerprint density at radius 2 is 2.40 bits per heavy atom. The highest BCUT2D eigenvalue weighted by Crippen LogP contribution is 2.09. The van der Waals surface area contributed by atoms with Gasteiger partial charge < -0.3 is 5.32 Å². The van der Waals surface area contributed by atoms with E-state index in [4.69, 9.17) is 0 Å². The zero-order valence-electron chi connectivity index (χ0n) is 8.94. The van der Waals surface area contributed by atoms with Gasteiger partial charge in [-0.05, 0) is 6.92 Å². The smallest absolute Gasteiger partial charge is 0.0534 e. The lowest BCUT2D eigenvalue weighted by molar-refractivity contribution is 0.574. The maximum atomic E-state index is 4.12. The van der Waals surface area contributed by atoms with E-state index in [1.165, 1.54) is 11.1 Å². The Morgan fingerprint density at radius 1 is 1.53 bits per heavy atom. The van der Waals surface area contributed by atoms with Crippen molar-refractivity contribution in [3.8, 4) is 0 Å². The molecule has 0 aromatic carbocycles. The van der Waals surface area contributed by atoms with Crippen LogP contribution in [0.1, 0.15) is 24.1 Å². The second kappa shape index (κ2) is 4.27. The van der Waals surface area contributed by atoms with Gasteiger partial charge in [0.25, 0.3) is 0 Å². The van der Waals surface area contributed by atoms with Gasteiger partial charge in [-0.15, -0.1) is 0 Å². The number of hydrogen-bond donors (Lipinski definition) is 2. The second-order valence-electron chi connectivity index (χ2n) is 3.66. The summed E-state index contributed by atoms with van der Waals surface area (Å²) in [6.07, 6.45) is 7.62. The summed E-state index contributed by atoms with van der Waals surface area (Å²) in [7, 11) is 1.92. The summed E-state index contributed by atoms with van der Waals surface area (Å²) in [5, 5.41) is 14.2. The molecule has 0 amide bonds. The van der Waals surface area contributed by atoms with Gasteiger partial charge in [0.05, 0.1) is 12.4 Å². The summed E-state index contributed by atoms with van der Waals surface area (Å²) in [6, 6.07) is 0.295. The van der Waals surface area contributed by atoms with Gasteiger partial charge in [-0.1, -0.05) is 0 Å². The van der Waals surface area contributed by atoms with Crippen LogP contribution in [0, 0.1) is 0 Å². The Labute approximate surface area is 88.5 Å². The van der Waals surface area contributed by atoms with Crippen LogP contribution in [0.2, 0.25) is 0 Å². The largest absolute Gasteiger partial charge is 0.306 e. The van der Waals surface area contributed by atoms with Crippen LogP contribution in [0.5, 0.6) is 0 Å². The average Bonchev–Trinajstić information content (AvgIpc) is 2.84. The van der Waals surface area contributed by atoms with E-state index in [0.717, 1.165) is 6.54 Å². The Hall–Kier alpha value is -1.62. The number of H-pyrrole nitrogens is 1. The van der Waals surface area contributed by atoms with Gasteiger partial charge in [0.2, 0.25) is 0 Å². The summed E-state index contributed by atoms with van der Waals surface area (Å²) in [5.74, 6) is 0. The molecule has 0 aliphatic heterocycles. The molecular weight excluding hydrogens is 190 g/mol. The summed E-state index contributed by atoms with van der Waals surface area (Å²) in [4.78, 5) is 0. The zero-order valence-corrected chi connectivity index (χ0v) is 8.94. The molecule has 5 nitrogen and oxygen atoms in total. The first-order valence-corrected chi connectivity index (χ1v) is 4.95. The van der Waals surface area contributed by atoms with Crippen LogP contribution >= 0.6 is 0 Å². The molecule has 0 spiro atoms. The Balaban J connectivity index is 1.88. The molecule has 2 heterocycles. The first-order chi connectivity index (χ1) is 7.25. The van der Waals surface area contributed by atoms with Crippen molar-refractivity contribution in [3.05, 3.63) is 35.9 Å². The number of hydrogen-bond acceptors (Lipinski definition) is 3. The molecule has 0 saturated heterocycles. The number of aryl methyl sites for hydroxylation is 1. The van der Waals surface area contributed by atoms with E-state index in [2.05, 4.69) is 27.5 Å². The van der Waals surface area contributed by atoms with Gasteiger partial charge in [0, 0.05) is 43.2 Å². The Kier molecular flexibility index (Phi) is 2.82. The molecule has 15 heavy (non-hydrogen) atoms. The SMILES string of the molecule is CC(NCc1cnn(C)c1)c1cn[nH]c1. The highest BCUT2D eigenvalue weighted by molar-refractivity contribution is 5.09. The number of nitrogens with one attached hydrogen (secondary N) is 2. The monoisotopic (exact) mass is 205 g/mol. The number of aromatic amines is 1. The van der Waals surface area contributed by atoms with E-state index in [-0.39, 0.29) is 0 Å². The van der Waals surface area contributed by atoms with Crippen LogP contribution in [0.3, 0.4) is 0 Å². The lowest BCUT2D eigenvalue weighted by atomic mass is 10.2. The summed E-state index contributed by atoms with van der Waals surface area (Å²) in [5.41, 5.74) is 2.35. The molecule has 5 heteroatoms. The maximum absolute atomic E-state index is 4.12. The van der Waals surface area contributed by atoms with Gasteiger partial charge >= 0.3 is 0 Å². The molecule has 0 fully saturated rings. The van der Waals surface area contributed by atoms with Crippen molar-refractivity contribution in [2.45, 2.75) is 19.5 Å². The predicted molar refractivity (Wildman–Crippen MR) is 57.1 cm³/mol. The van der Waals surface area contributed by atoms with Crippen molar-refractivity contribution >= 4 is 0 Å².